The van der Waals surface area contributed by atoms with Crippen LogP contribution in [0.5, 0.6) is 0 Å². The molecule has 2 atom stereocenters. The van der Waals surface area contributed by atoms with E-state index in [4.69, 9.17) is 9.73 Å². The molecule has 2 aromatic rings. The second kappa shape index (κ2) is 13.6. The molecule has 1 amide bonds. The van der Waals surface area contributed by atoms with Crippen molar-refractivity contribution < 1.29 is 9.53 Å². The molecule has 4 nitrogen and oxygen atoms in total. The van der Waals surface area contributed by atoms with Crippen molar-refractivity contribution in [2.75, 3.05) is 13.2 Å². The number of carbonyl (C=O) groups is 1. The van der Waals surface area contributed by atoms with E-state index in [-0.39, 0.29) is 5.91 Å². The van der Waals surface area contributed by atoms with Crippen molar-refractivity contribution in [3.63, 3.8) is 0 Å². The Kier molecular flexibility index (Phi) is 10.2. The Morgan fingerprint density at radius 3 is 2.13 bits per heavy atom. The van der Waals surface area contributed by atoms with E-state index in [1.807, 2.05) is 0 Å². The monoisotopic (exact) mass is 546 g/mol. The van der Waals surface area contributed by atoms with Crippen molar-refractivity contribution >= 4 is 34.5 Å². The Hall–Kier alpha value is -2.66. The number of amides is 1. The molecule has 2 aliphatic heterocycles. The Labute approximate surface area is 239 Å². The summed E-state index contributed by atoms with van der Waals surface area (Å²) in [6.07, 6.45) is 9.19. The largest absolute Gasteiger partial charge is 0.477 e. The molecule has 0 spiro atoms. The van der Waals surface area contributed by atoms with Crippen LogP contribution < -0.4 is 0 Å². The average Bonchev–Trinajstić information content (AvgIpc) is 3.61. The normalized spacial score (nSPS) is 16.7. The first-order valence-corrected chi connectivity index (χ1v) is 15.9. The maximum absolute atomic E-state index is 14.3. The number of hydrogen-bond donors (Lipinski definition) is 0. The van der Waals surface area contributed by atoms with Crippen LogP contribution >= 0.6 is 11.3 Å². The van der Waals surface area contributed by atoms with E-state index in [2.05, 4.69) is 82.8 Å². The smallest absolute Gasteiger partial charge is 0.261 e. The maximum atomic E-state index is 14.3. The van der Waals surface area contributed by atoms with Gasteiger partial charge in [0.15, 0.2) is 0 Å². The van der Waals surface area contributed by atoms with Gasteiger partial charge in [-0.1, -0.05) is 96.0 Å². The van der Waals surface area contributed by atoms with Crippen LogP contribution in [0.3, 0.4) is 0 Å². The van der Waals surface area contributed by atoms with E-state index >= 15 is 0 Å². The molecule has 0 aliphatic carbocycles. The van der Waals surface area contributed by atoms with Crippen molar-refractivity contribution in [1.29, 1.82) is 0 Å². The third-order valence-electron chi connectivity index (χ3n) is 8.16. The summed E-state index contributed by atoms with van der Waals surface area (Å²) in [5.41, 5.74) is 5.51. The quantitative estimate of drug-likeness (QED) is 0.237. The van der Waals surface area contributed by atoms with Gasteiger partial charge in [-0.15, -0.1) is 11.3 Å². The molecule has 39 heavy (non-hydrogen) atoms. The molecular formula is C34H46N2O2S. The molecule has 5 heteroatoms. The van der Waals surface area contributed by atoms with E-state index in [0.29, 0.717) is 29.9 Å². The molecule has 2 unspecified atom stereocenters. The van der Waals surface area contributed by atoms with Crippen LogP contribution in [0, 0.1) is 25.7 Å². The van der Waals surface area contributed by atoms with Crippen molar-refractivity contribution in [1.82, 2.24) is 4.90 Å². The van der Waals surface area contributed by atoms with Crippen LogP contribution in [-0.4, -0.2) is 29.9 Å². The molecule has 0 bridgehead atoms. The fraction of sp³-hybridized carbons (Fsp3) is 0.529. The van der Waals surface area contributed by atoms with Gasteiger partial charge in [-0.3, -0.25) is 4.79 Å². The van der Waals surface area contributed by atoms with Crippen LogP contribution in [0.25, 0.3) is 11.4 Å². The average molecular weight is 547 g/mol. The van der Waals surface area contributed by atoms with Gasteiger partial charge in [-0.25, -0.2) is 4.99 Å². The molecule has 3 heterocycles. The lowest BCUT2D eigenvalue weighted by Gasteiger charge is -2.26. The lowest BCUT2D eigenvalue weighted by atomic mass is 9.98. The number of hydrogen-bond acceptors (Lipinski definition) is 4. The van der Waals surface area contributed by atoms with Gasteiger partial charge in [-0.05, 0) is 50.7 Å². The number of unbranched alkanes of at least 4 members (excludes halogenated alkanes) is 2. The minimum absolute atomic E-state index is 0.0666. The summed E-state index contributed by atoms with van der Waals surface area (Å²) < 4.78 is 6.57. The van der Waals surface area contributed by atoms with Crippen molar-refractivity contribution in [3.8, 4) is 0 Å². The van der Waals surface area contributed by atoms with Crippen LogP contribution in [0.2, 0.25) is 0 Å². The third kappa shape index (κ3) is 6.57. The fourth-order valence-corrected chi connectivity index (χ4v) is 6.45. The number of ether oxygens (including phenoxy) is 1. The summed E-state index contributed by atoms with van der Waals surface area (Å²) in [7, 11) is 0. The highest BCUT2D eigenvalue weighted by molar-refractivity contribution is 7.13. The zero-order valence-corrected chi connectivity index (χ0v) is 25.6. The number of carbonyl (C=O) groups excluding carboxylic acids is 1. The van der Waals surface area contributed by atoms with Gasteiger partial charge in [0, 0.05) is 17.0 Å². The molecule has 0 N–H and O–H groups in total. The summed E-state index contributed by atoms with van der Waals surface area (Å²) >= 11 is 1.75. The van der Waals surface area contributed by atoms with Crippen LogP contribution in [0.15, 0.2) is 52.5 Å². The minimum atomic E-state index is 0.0666. The van der Waals surface area contributed by atoms with Crippen LogP contribution in [-0.2, 0) is 9.53 Å². The predicted molar refractivity (Wildman–Crippen MR) is 166 cm³/mol. The molecule has 2 aliphatic rings. The highest BCUT2D eigenvalue weighted by Gasteiger charge is 2.45. The predicted octanol–water partition coefficient (Wildman–Crippen LogP) is 9.19. The topological polar surface area (TPSA) is 41.9 Å². The lowest BCUT2D eigenvalue weighted by molar-refractivity contribution is -0.123. The minimum Gasteiger partial charge on any atom is -0.477 e. The molecule has 1 aromatic heterocycles. The molecule has 4 rings (SSSR count). The Morgan fingerprint density at radius 1 is 0.872 bits per heavy atom. The molecule has 0 saturated carbocycles. The van der Waals surface area contributed by atoms with E-state index in [1.54, 1.807) is 11.3 Å². The van der Waals surface area contributed by atoms with E-state index < -0.39 is 0 Å². The summed E-state index contributed by atoms with van der Waals surface area (Å²) in [6.45, 7) is 14.5. The second-order valence-electron chi connectivity index (χ2n) is 11.2. The van der Waals surface area contributed by atoms with Gasteiger partial charge in [0.05, 0.1) is 34.0 Å². The summed E-state index contributed by atoms with van der Waals surface area (Å²) in [5.74, 6) is 1.64. The summed E-state index contributed by atoms with van der Waals surface area (Å²) in [4.78, 5) is 23.8. The molecule has 0 radical (unpaired) electrons. The second-order valence-corrected chi connectivity index (χ2v) is 12.5. The summed E-state index contributed by atoms with van der Waals surface area (Å²) in [5, 5.41) is 0. The van der Waals surface area contributed by atoms with Gasteiger partial charge < -0.3 is 9.64 Å². The van der Waals surface area contributed by atoms with Gasteiger partial charge in [0.25, 0.3) is 5.91 Å². The SMILES string of the molecule is CCCCC(CC)COC1=NC(c2ccc(C)cc2)=C2C(=O)N(CC(CC)CCCC)C(c3ccc(C)s3)=C12. The molecular weight excluding hydrogens is 500 g/mol. The number of thiophene rings is 1. The zero-order valence-electron chi connectivity index (χ0n) is 24.8. The van der Waals surface area contributed by atoms with E-state index in [1.165, 1.54) is 36.1 Å². The van der Waals surface area contributed by atoms with Crippen molar-refractivity contribution in [2.24, 2.45) is 16.8 Å². The highest BCUT2D eigenvalue weighted by atomic mass is 32.1. The van der Waals surface area contributed by atoms with Crippen LogP contribution in [0.4, 0.5) is 0 Å². The number of rotatable bonds is 14. The molecule has 210 valence electrons. The number of nitrogens with zero attached hydrogens (tertiary/aromatic N) is 2. The lowest BCUT2D eigenvalue weighted by Crippen LogP contribution is -2.31. The number of aliphatic imine (C=N–C) groups is 1. The zero-order chi connectivity index (χ0) is 27.9. The van der Waals surface area contributed by atoms with Crippen LogP contribution in [0.1, 0.15) is 99.9 Å². The maximum Gasteiger partial charge on any atom is 0.261 e. The fourth-order valence-electron chi connectivity index (χ4n) is 5.53. The Morgan fingerprint density at radius 2 is 1.54 bits per heavy atom. The van der Waals surface area contributed by atoms with Gasteiger partial charge in [0.2, 0.25) is 5.90 Å². The first kappa shape index (κ1) is 29.3. The highest BCUT2D eigenvalue weighted by Crippen LogP contribution is 2.46. The Balaban J connectivity index is 1.81. The van der Waals surface area contributed by atoms with Gasteiger partial charge >= 0.3 is 0 Å². The Bertz CT molecular complexity index is 1230. The number of benzene rings is 1. The number of fused-ring (bicyclic) bond motifs is 1. The molecule has 1 aromatic carbocycles. The number of aryl methyl sites for hydroxylation is 2. The van der Waals surface area contributed by atoms with Gasteiger partial charge in [-0.2, -0.15) is 0 Å². The standard InChI is InChI=1S/C34H46N2O2S/c1-7-11-13-25(9-3)21-36-32(28-20-17-24(6)39-28)30-29(34(36)37)31(27-18-15-23(5)16-19-27)35-33(30)38-22-26(10-4)14-12-8-2/h15-20,25-26H,7-14,21-22H2,1-6H3. The third-order valence-corrected chi connectivity index (χ3v) is 9.17. The van der Waals surface area contributed by atoms with E-state index in [9.17, 15) is 4.79 Å². The van der Waals surface area contributed by atoms with Gasteiger partial charge in [0.1, 0.15) is 0 Å². The van der Waals surface area contributed by atoms with E-state index in [0.717, 1.165) is 59.6 Å². The first-order valence-electron chi connectivity index (χ1n) is 15.1. The molecule has 0 saturated heterocycles. The molecule has 0 fully saturated rings. The summed E-state index contributed by atoms with van der Waals surface area (Å²) in [6, 6.07) is 12.7. The van der Waals surface area contributed by atoms with Crippen molar-refractivity contribution in [3.05, 3.63) is 68.4 Å². The first-order chi connectivity index (χ1) is 18.9. The van der Waals surface area contributed by atoms with Crippen molar-refractivity contribution in [2.45, 2.75) is 92.9 Å².